The van der Waals surface area contributed by atoms with E-state index in [2.05, 4.69) is 5.10 Å². The van der Waals surface area contributed by atoms with Crippen LogP contribution in [0.2, 0.25) is 0 Å². The van der Waals surface area contributed by atoms with Crippen LogP contribution in [0.5, 0.6) is 0 Å². The van der Waals surface area contributed by atoms with Crippen molar-refractivity contribution in [2.45, 2.75) is 26.0 Å². The number of hydrogen-bond donors (Lipinski definition) is 1. The zero-order valence-corrected chi connectivity index (χ0v) is 11.3. The molecule has 18 heavy (non-hydrogen) atoms. The first-order valence-electron chi connectivity index (χ1n) is 5.94. The third-order valence-electron chi connectivity index (χ3n) is 2.97. The summed E-state index contributed by atoms with van der Waals surface area (Å²) in [4.78, 5) is 13.8. The molecule has 0 spiro atoms. The Morgan fingerprint density at radius 3 is 2.72 bits per heavy atom. The molecule has 2 unspecified atom stereocenters. The number of rotatable bonds is 6. The highest BCUT2D eigenvalue weighted by molar-refractivity contribution is 5.41. The molecule has 0 radical (unpaired) electrons. The lowest BCUT2D eigenvalue weighted by Crippen LogP contribution is -2.32. The second-order valence-corrected chi connectivity index (χ2v) is 4.39. The highest BCUT2D eigenvalue weighted by atomic mass is 16.5. The molecule has 0 aromatic carbocycles. The van der Waals surface area contributed by atoms with E-state index in [1.54, 1.807) is 27.2 Å². The summed E-state index contributed by atoms with van der Waals surface area (Å²) in [5.41, 5.74) is 0.524. The molecule has 0 saturated carbocycles. The number of aliphatic hydroxyl groups is 1. The SMILES string of the molecule is COCCN(C)c1cnn(C(C)C(C)O)c(=O)c1. The van der Waals surface area contributed by atoms with Crippen molar-refractivity contribution in [1.82, 2.24) is 9.78 Å². The smallest absolute Gasteiger partial charge is 0.269 e. The van der Waals surface area contributed by atoms with Gasteiger partial charge < -0.3 is 14.7 Å². The Morgan fingerprint density at radius 2 is 2.22 bits per heavy atom. The van der Waals surface area contributed by atoms with E-state index in [1.165, 1.54) is 10.7 Å². The number of aromatic nitrogens is 2. The van der Waals surface area contributed by atoms with E-state index in [1.807, 2.05) is 11.9 Å². The topological polar surface area (TPSA) is 67.6 Å². The van der Waals surface area contributed by atoms with Crippen molar-refractivity contribution in [2.24, 2.45) is 0 Å². The van der Waals surface area contributed by atoms with Gasteiger partial charge in [0.15, 0.2) is 0 Å². The van der Waals surface area contributed by atoms with Crippen molar-refractivity contribution in [2.75, 3.05) is 32.2 Å². The average Bonchev–Trinajstić information content (AvgIpc) is 2.34. The monoisotopic (exact) mass is 255 g/mol. The standard InChI is InChI=1S/C12H21N3O3/c1-9(10(2)16)15-12(17)7-11(8-13-15)14(3)5-6-18-4/h7-10,16H,5-6H2,1-4H3. The fourth-order valence-electron chi connectivity index (χ4n) is 1.48. The number of likely N-dealkylation sites (N-methyl/N-ethyl adjacent to an activating group) is 1. The summed E-state index contributed by atoms with van der Waals surface area (Å²) in [5, 5.41) is 13.6. The van der Waals surface area contributed by atoms with Gasteiger partial charge in [0.2, 0.25) is 0 Å². The molecule has 2 atom stereocenters. The van der Waals surface area contributed by atoms with Crippen molar-refractivity contribution in [3.05, 3.63) is 22.6 Å². The zero-order chi connectivity index (χ0) is 13.7. The van der Waals surface area contributed by atoms with Gasteiger partial charge in [-0.05, 0) is 13.8 Å². The molecular weight excluding hydrogens is 234 g/mol. The van der Waals surface area contributed by atoms with Crippen molar-refractivity contribution < 1.29 is 9.84 Å². The maximum atomic E-state index is 11.9. The molecule has 0 fully saturated rings. The van der Waals surface area contributed by atoms with Gasteiger partial charge in [0, 0.05) is 26.8 Å². The third kappa shape index (κ3) is 3.54. The van der Waals surface area contributed by atoms with E-state index in [0.717, 1.165) is 5.69 Å². The molecule has 0 amide bonds. The Hall–Kier alpha value is -1.40. The van der Waals surface area contributed by atoms with Gasteiger partial charge in [0.25, 0.3) is 5.56 Å². The zero-order valence-electron chi connectivity index (χ0n) is 11.3. The maximum absolute atomic E-state index is 11.9. The highest BCUT2D eigenvalue weighted by Gasteiger charge is 2.14. The lowest BCUT2D eigenvalue weighted by atomic mass is 10.2. The summed E-state index contributed by atoms with van der Waals surface area (Å²) in [5.74, 6) is 0. The second-order valence-electron chi connectivity index (χ2n) is 4.39. The normalized spacial score (nSPS) is 14.3. The second kappa shape index (κ2) is 6.51. The fourth-order valence-corrected chi connectivity index (χ4v) is 1.48. The first-order valence-corrected chi connectivity index (χ1v) is 5.94. The van der Waals surface area contributed by atoms with Crippen LogP contribution < -0.4 is 10.5 Å². The lowest BCUT2D eigenvalue weighted by molar-refractivity contribution is 0.129. The minimum atomic E-state index is -0.618. The van der Waals surface area contributed by atoms with Gasteiger partial charge in [-0.2, -0.15) is 5.10 Å². The summed E-state index contributed by atoms with van der Waals surface area (Å²) >= 11 is 0. The van der Waals surface area contributed by atoms with Crippen molar-refractivity contribution >= 4 is 5.69 Å². The summed E-state index contributed by atoms with van der Waals surface area (Å²) in [6.07, 6.45) is 1.00. The van der Waals surface area contributed by atoms with Crippen LogP contribution >= 0.6 is 0 Å². The van der Waals surface area contributed by atoms with E-state index < -0.39 is 6.10 Å². The highest BCUT2D eigenvalue weighted by Crippen LogP contribution is 2.10. The first-order chi connectivity index (χ1) is 8.47. The van der Waals surface area contributed by atoms with Gasteiger partial charge in [0.1, 0.15) is 0 Å². The Bertz CT molecular complexity index is 431. The van der Waals surface area contributed by atoms with Crippen LogP contribution in [0.4, 0.5) is 5.69 Å². The largest absolute Gasteiger partial charge is 0.391 e. The van der Waals surface area contributed by atoms with Crippen molar-refractivity contribution in [3.63, 3.8) is 0 Å². The molecule has 0 aliphatic heterocycles. The number of nitrogens with zero attached hydrogens (tertiary/aromatic N) is 3. The molecule has 0 saturated heterocycles. The quantitative estimate of drug-likeness (QED) is 0.790. The summed E-state index contributed by atoms with van der Waals surface area (Å²) in [6, 6.07) is 1.18. The minimum Gasteiger partial charge on any atom is -0.391 e. The van der Waals surface area contributed by atoms with E-state index in [4.69, 9.17) is 4.74 Å². The number of methoxy groups -OCH3 is 1. The van der Waals surface area contributed by atoms with Crippen LogP contribution in [0.1, 0.15) is 19.9 Å². The number of anilines is 1. The predicted octanol–water partition coefficient (Wildman–Crippen LogP) is 0.268. The molecule has 6 nitrogen and oxygen atoms in total. The van der Waals surface area contributed by atoms with Gasteiger partial charge in [-0.15, -0.1) is 0 Å². The first kappa shape index (κ1) is 14.7. The third-order valence-corrected chi connectivity index (χ3v) is 2.97. The molecule has 1 aromatic rings. The average molecular weight is 255 g/mol. The van der Waals surface area contributed by atoms with Gasteiger partial charge in [-0.25, -0.2) is 4.68 Å². The van der Waals surface area contributed by atoms with E-state index in [0.29, 0.717) is 13.2 Å². The number of hydrogen-bond acceptors (Lipinski definition) is 5. The van der Waals surface area contributed by atoms with Crippen LogP contribution in [0.25, 0.3) is 0 Å². The van der Waals surface area contributed by atoms with Crippen LogP contribution in [0, 0.1) is 0 Å². The molecular formula is C12H21N3O3. The van der Waals surface area contributed by atoms with Crippen LogP contribution in [0.3, 0.4) is 0 Å². The van der Waals surface area contributed by atoms with Gasteiger partial charge in [0.05, 0.1) is 30.6 Å². The molecule has 1 heterocycles. The molecule has 0 aliphatic carbocycles. The molecule has 0 bridgehead atoms. The Kier molecular flexibility index (Phi) is 5.30. The van der Waals surface area contributed by atoms with Crippen LogP contribution in [-0.4, -0.2) is 48.3 Å². The fraction of sp³-hybridized carbons (Fsp3) is 0.667. The Balaban J connectivity index is 2.89. The Labute approximate surface area is 107 Å². The van der Waals surface area contributed by atoms with Gasteiger partial charge in [-0.1, -0.05) is 0 Å². The molecule has 1 N–H and O–H groups in total. The van der Waals surface area contributed by atoms with Gasteiger partial charge >= 0.3 is 0 Å². The molecule has 1 rings (SSSR count). The molecule has 1 aromatic heterocycles. The van der Waals surface area contributed by atoms with Crippen LogP contribution in [0.15, 0.2) is 17.1 Å². The maximum Gasteiger partial charge on any atom is 0.269 e. The molecule has 102 valence electrons. The molecule has 0 aliphatic rings. The minimum absolute atomic E-state index is 0.217. The summed E-state index contributed by atoms with van der Waals surface area (Å²) in [6.45, 7) is 4.67. The summed E-state index contributed by atoms with van der Waals surface area (Å²) < 4.78 is 6.27. The summed E-state index contributed by atoms with van der Waals surface area (Å²) in [7, 11) is 3.51. The number of aliphatic hydroxyl groups excluding tert-OH is 1. The van der Waals surface area contributed by atoms with E-state index in [9.17, 15) is 9.90 Å². The van der Waals surface area contributed by atoms with Gasteiger partial charge in [-0.3, -0.25) is 4.79 Å². The molecule has 6 heteroatoms. The Morgan fingerprint density at radius 1 is 1.56 bits per heavy atom. The van der Waals surface area contributed by atoms with Crippen molar-refractivity contribution in [3.8, 4) is 0 Å². The predicted molar refractivity (Wildman–Crippen MR) is 70.0 cm³/mol. The van der Waals surface area contributed by atoms with E-state index in [-0.39, 0.29) is 11.6 Å². The van der Waals surface area contributed by atoms with Crippen LogP contribution in [-0.2, 0) is 4.74 Å². The van der Waals surface area contributed by atoms with Crippen molar-refractivity contribution in [1.29, 1.82) is 0 Å². The van der Waals surface area contributed by atoms with E-state index >= 15 is 0 Å². The number of ether oxygens (including phenoxy) is 1. The lowest BCUT2D eigenvalue weighted by Gasteiger charge is -2.20.